The molecule has 2 rings (SSSR count). The van der Waals surface area contributed by atoms with Crippen molar-refractivity contribution in [3.05, 3.63) is 29.6 Å². The maximum absolute atomic E-state index is 12.4. The predicted octanol–water partition coefficient (Wildman–Crippen LogP) is 2.64. The zero-order valence-electron chi connectivity index (χ0n) is 10.2. The van der Waals surface area contributed by atoms with Gasteiger partial charge in [-0.2, -0.15) is 0 Å². The zero-order chi connectivity index (χ0) is 12.4. The third-order valence-electron chi connectivity index (χ3n) is 3.51. The molecule has 2 atom stereocenters. The van der Waals surface area contributed by atoms with Crippen molar-refractivity contribution in [2.24, 2.45) is 5.92 Å². The maximum atomic E-state index is 12.4. The van der Waals surface area contributed by atoms with Crippen LogP contribution in [0.1, 0.15) is 29.4 Å². The highest BCUT2D eigenvalue weighted by molar-refractivity contribution is 9.09. The molecule has 1 aliphatic rings. The van der Waals surface area contributed by atoms with Gasteiger partial charge >= 0.3 is 0 Å². The molecule has 1 amide bonds. The second kappa shape index (κ2) is 5.17. The molecular weight excluding hydrogens is 280 g/mol. The van der Waals surface area contributed by atoms with Crippen LogP contribution in [0.25, 0.3) is 0 Å². The predicted molar refractivity (Wildman–Crippen MR) is 71.4 cm³/mol. The van der Waals surface area contributed by atoms with E-state index in [-0.39, 0.29) is 5.91 Å². The van der Waals surface area contributed by atoms with Crippen molar-refractivity contribution in [2.75, 3.05) is 11.9 Å². The fourth-order valence-electron chi connectivity index (χ4n) is 2.34. The summed E-state index contributed by atoms with van der Waals surface area (Å²) >= 11 is 3.50. The molecule has 2 unspecified atom stereocenters. The quantitative estimate of drug-likeness (QED) is 0.786. The van der Waals surface area contributed by atoms with E-state index >= 15 is 0 Å². The summed E-state index contributed by atoms with van der Waals surface area (Å²) in [7, 11) is 0. The number of halogens is 1. The molecule has 0 aliphatic carbocycles. The van der Waals surface area contributed by atoms with E-state index in [0.29, 0.717) is 17.7 Å². The lowest BCUT2D eigenvalue weighted by Crippen LogP contribution is -2.39. The van der Waals surface area contributed by atoms with E-state index in [9.17, 15) is 4.79 Å². The number of aryl methyl sites for hydroxylation is 1. The molecule has 0 spiro atoms. The Bertz CT molecular complexity index is 422. The summed E-state index contributed by atoms with van der Waals surface area (Å²) < 4.78 is 0. The third kappa shape index (κ3) is 2.37. The molecule has 0 radical (unpaired) electrons. The molecule has 92 valence electrons. The van der Waals surface area contributed by atoms with Crippen molar-refractivity contribution in [3.63, 3.8) is 0 Å². The number of likely N-dealkylation sites (tertiary alicyclic amines) is 1. The van der Waals surface area contributed by atoms with Crippen LogP contribution in [0.2, 0.25) is 0 Å². The molecule has 1 aromatic rings. The number of amides is 1. The summed E-state index contributed by atoms with van der Waals surface area (Å²) in [6, 6.07) is 4.09. The Hall–Kier alpha value is -0.900. The minimum Gasteiger partial charge on any atom is -0.333 e. The summed E-state index contributed by atoms with van der Waals surface area (Å²) in [5.74, 6) is 0.624. The number of rotatable bonds is 2. The number of pyridine rings is 1. The van der Waals surface area contributed by atoms with Crippen molar-refractivity contribution in [1.29, 1.82) is 0 Å². The van der Waals surface area contributed by atoms with Crippen LogP contribution in [0.3, 0.4) is 0 Å². The second-order valence-corrected chi connectivity index (χ2v) is 5.30. The van der Waals surface area contributed by atoms with Gasteiger partial charge in [0.1, 0.15) is 5.69 Å². The van der Waals surface area contributed by atoms with Crippen molar-refractivity contribution < 1.29 is 4.79 Å². The van der Waals surface area contributed by atoms with Crippen molar-refractivity contribution >= 4 is 21.8 Å². The largest absolute Gasteiger partial charge is 0.333 e. The van der Waals surface area contributed by atoms with Gasteiger partial charge in [-0.05, 0) is 30.9 Å². The third-order valence-corrected chi connectivity index (χ3v) is 4.18. The first-order valence-electron chi connectivity index (χ1n) is 5.93. The lowest BCUT2D eigenvalue weighted by atomic mass is 10.0. The molecule has 17 heavy (non-hydrogen) atoms. The van der Waals surface area contributed by atoms with Gasteiger partial charge in [0.2, 0.25) is 0 Å². The summed E-state index contributed by atoms with van der Waals surface area (Å²) in [6.07, 6.45) is 2.76. The van der Waals surface area contributed by atoms with Crippen molar-refractivity contribution in [1.82, 2.24) is 9.88 Å². The summed E-state index contributed by atoms with van der Waals surface area (Å²) in [5.41, 5.74) is 1.54. The van der Waals surface area contributed by atoms with E-state index in [4.69, 9.17) is 0 Å². The highest BCUT2D eigenvalue weighted by Crippen LogP contribution is 2.27. The molecule has 1 saturated heterocycles. The van der Waals surface area contributed by atoms with Gasteiger partial charge in [-0.25, -0.2) is 0 Å². The standard InChI is InChI=1S/C13H17BrN2O/c1-9-5-7-16(11(9)8-14)13(17)12-10(2)4-3-6-15-12/h3-4,6,9,11H,5,7-8H2,1-2H3. The van der Waals surface area contributed by atoms with E-state index in [1.807, 2.05) is 24.0 Å². The van der Waals surface area contributed by atoms with Crippen LogP contribution in [-0.4, -0.2) is 33.7 Å². The van der Waals surface area contributed by atoms with Crippen LogP contribution in [0.5, 0.6) is 0 Å². The van der Waals surface area contributed by atoms with Gasteiger partial charge in [0.15, 0.2) is 0 Å². The minimum atomic E-state index is 0.0666. The molecule has 0 N–H and O–H groups in total. The Balaban J connectivity index is 2.24. The van der Waals surface area contributed by atoms with Gasteiger partial charge in [-0.15, -0.1) is 0 Å². The minimum absolute atomic E-state index is 0.0666. The molecule has 0 aromatic carbocycles. The number of carbonyl (C=O) groups is 1. The monoisotopic (exact) mass is 296 g/mol. The number of nitrogens with zero attached hydrogens (tertiary/aromatic N) is 2. The van der Waals surface area contributed by atoms with Crippen LogP contribution in [0, 0.1) is 12.8 Å². The summed E-state index contributed by atoms with van der Waals surface area (Å²) in [4.78, 5) is 18.6. The molecule has 1 aliphatic heterocycles. The SMILES string of the molecule is Cc1cccnc1C(=O)N1CCC(C)C1CBr. The topological polar surface area (TPSA) is 33.2 Å². The number of carbonyl (C=O) groups excluding carboxylic acids is 1. The lowest BCUT2D eigenvalue weighted by molar-refractivity contribution is 0.0732. The van der Waals surface area contributed by atoms with Gasteiger partial charge in [-0.1, -0.05) is 28.9 Å². The van der Waals surface area contributed by atoms with E-state index in [1.165, 1.54) is 0 Å². The highest BCUT2D eigenvalue weighted by Gasteiger charge is 2.34. The lowest BCUT2D eigenvalue weighted by Gasteiger charge is -2.25. The van der Waals surface area contributed by atoms with E-state index < -0.39 is 0 Å². The van der Waals surface area contributed by atoms with E-state index in [2.05, 4.69) is 27.8 Å². The van der Waals surface area contributed by atoms with Gasteiger partial charge in [0, 0.05) is 24.1 Å². The highest BCUT2D eigenvalue weighted by atomic mass is 79.9. The molecule has 2 heterocycles. The van der Waals surface area contributed by atoms with Gasteiger partial charge in [-0.3, -0.25) is 9.78 Å². The first-order valence-corrected chi connectivity index (χ1v) is 7.06. The summed E-state index contributed by atoms with van der Waals surface area (Å²) in [5, 5.41) is 0.839. The van der Waals surface area contributed by atoms with Gasteiger partial charge in [0.05, 0.1) is 0 Å². The number of hydrogen-bond donors (Lipinski definition) is 0. The normalized spacial score (nSPS) is 24.1. The van der Waals surface area contributed by atoms with Gasteiger partial charge in [0.25, 0.3) is 5.91 Å². The smallest absolute Gasteiger partial charge is 0.273 e. The number of hydrogen-bond acceptors (Lipinski definition) is 2. The Morgan fingerprint density at radius 3 is 3.06 bits per heavy atom. The van der Waals surface area contributed by atoms with Crippen molar-refractivity contribution in [2.45, 2.75) is 26.3 Å². The fraction of sp³-hybridized carbons (Fsp3) is 0.538. The summed E-state index contributed by atoms with van der Waals surface area (Å²) in [6.45, 7) is 4.97. The van der Waals surface area contributed by atoms with Crippen LogP contribution in [0.15, 0.2) is 18.3 Å². The first-order chi connectivity index (χ1) is 8.15. The molecular formula is C13H17BrN2O. The molecule has 0 saturated carbocycles. The average Bonchev–Trinajstić information content (AvgIpc) is 2.70. The molecule has 3 nitrogen and oxygen atoms in total. The Kier molecular flexibility index (Phi) is 3.82. The van der Waals surface area contributed by atoms with E-state index in [0.717, 1.165) is 23.9 Å². The Morgan fingerprint density at radius 1 is 1.65 bits per heavy atom. The first kappa shape index (κ1) is 12.6. The van der Waals surface area contributed by atoms with Crippen LogP contribution < -0.4 is 0 Å². The number of aromatic nitrogens is 1. The number of alkyl halides is 1. The van der Waals surface area contributed by atoms with E-state index in [1.54, 1.807) is 6.20 Å². The molecule has 1 fully saturated rings. The fourth-order valence-corrected chi connectivity index (χ4v) is 3.33. The molecule has 4 heteroatoms. The Labute approximate surface area is 110 Å². The van der Waals surface area contributed by atoms with Crippen molar-refractivity contribution in [3.8, 4) is 0 Å². The second-order valence-electron chi connectivity index (χ2n) is 4.66. The average molecular weight is 297 g/mol. The van der Waals surface area contributed by atoms with Crippen LogP contribution >= 0.6 is 15.9 Å². The van der Waals surface area contributed by atoms with Gasteiger partial charge < -0.3 is 4.90 Å². The molecule has 1 aromatic heterocycles. The zero-order valence-corrected chi connectivity index (χ0v) is 11.8. The van der Waals surface area contributed by atoms with Crippen LogP contribution in [-0.2, 0) is 0 Å². The van der Waals surface area contributed by atoms with Crippen LogP contribution in [0.4, 0.5) is 0 Å². The maximum Gasteiger partial charge on any atom is 0.273 e. The Morgan fingerprint density at radius 2 is 2.41 bits per heavy atom. The molecule has 0 bridgehead atoms.